The number of carbonyl (C=O) groups is 4. The maximum atomic E-state index is 13.0. The maximum Gasteiger partial charge on any atom is 0.315 e. The molecule has 0 aliphatic carbocycles. The van der Waals surface area contributed by atoms with Crippen LogP contribution in [0, 0.1) is 5.92 Å². The summed E-state index contributed by atoms with van der Waals surface area (Å²) >= 11 is 1.89. The Kier molecular flexibility index (Phi) is 11.3. The molecule has 4 heterocycles. The number of amides is 5. The van der Waals surface area contributed by atoms with E-state index in [9.17, 15) is 19.2 Å². The molecule has 6 rings (SSSR count). The Labute approximate surface area is 289 Å². The first-order valence-corrected chi connectivity index (χ1v) is 17.7. The van der Waals surface area contributed by atoms with Crippen molar-refractivity contribution in [2.45, 2.75) is 56.0 Å². The molecule has 3 aliphatic heterocycles. The molecule has 1 unspecified atom stereocenters. The Morgan fingerprint density at radius 1 is 1.08 bits per heavy atom. The molecule has 3 fully saturated rings. The van der Waals surface area contributed by atoms with Crippen LogP contribution in [0.3, 0.4) is 0 Å². The molecule has 0 spiro atoms. The predicted molar refractivity (Wildman–Crippen MR) is 185 cm³/mol. The number of ether oxygens (including phenoxy) is 2. The average molecular weight is 691 g/mol. The Morgan fingerprint density at radius 2 is 1.94 bits per heavy atom. The fourth-order valence-electron chi connectivity index (χ4n) is 6.30. The van der Waals surface area contributed by atoms with Gasteiger partial charge in [-0.25, -0.2) is 9.48 Å². The fraction of sp³-hybridized carbons (Fsp3) is 0.471. The van der Waals surface area contributed by atoms with Crippen LogP contribution in [0.4, 0.5) is 16.2 Å². The number of nitrogens with one attached hydrogen (secondary N) is 4. The van der Waals surface area contributed by atoms with E-state index in [1.807, 2.05) is 48.3 Å². The van der Waals surface area contributed by atoms with Gasteiger partial charge < -0.3 is 35.6 Å². The number of hydrogen-bond acceptors (Lipinski definition) is 9. The van der Waals surface area contributed by atoms with Gasteiger partial charge in [-0.2, -0.15) is 11.8 Å². The van der Waals surface area contributed by atoms with Gasteiger partial charge in [-0.05, 0) is 37.1 Å². The van der Waals surface area contributed by atoms with E-state index in [2.05, 4.69) is 31.6 Å². The van der Waals surface area contributed by atoms with E-state index in [-0.39, 0.29) is 42.3 Å². The molecule has 0 radical (unpaired) electrons. The molecule has 3 aromatic rings. The van der Waals surface area contributed by atoms with Gasteiger partial charge in [0.15, 0.2) is 0 Å². The molecule has 0 bridgehead atoms. The second kappa shape index (κ2) is 16.2. The van der Waals surface area contributed by atoms with E-state index in [1.54, 1.807) is 34.9 Å². The molecule has 3 saturated heterocycles. The smallest absolute Gasteiger partial charge is 0.315 e. The van der Waals surface area contributed by atoms with Crippen molar-refractivity contribution in [2.75, 3.05) is 49.4 Å². The number of urea groups is 1. The Bertz CT molecular complexity index is 1630. The van der Waals surface area contributed by atoms with E-state index < -0.39 is 5.92 Å². The van der Waals surface area contributed by atoms with Crippen LogP contribution < -0.4 is 30.9 Å². The molecule has 49 heavy (non-hydrogen) atoms. The first-order chi connectivity index (χ1) is 23.9. The van der Waals surface area contributed by atoms with Crippen LogP contribution in [-0.2, 0) is 25.7 Å². The van der Waals surface area contributed by atoms with Gasteiger partial charge in [0.05, 0.1) is 51.1 Å². The molecule has 5 amide bonds. The lowest BCUT2D eigenvalue weighted by molar-refractivity contribution is -0.122. The lowest BCUT2D eigenvalue weighted by Crippen LogP contribution is -2.36. The number of methoxy groups -OCH3 is 1. The summed E-state index contributed by atoms with van der Waals surface area (Å²) in [6.45, 7) is 2.10. The van der Waals surface area contributed by atoms with Crippen molar-refractivity contribution in [3.05, 3.63) is 54.7 Å². The third-order valence-electron chi connectivity index (χ3n) is 8.96. The molecular formula is C34H42N8O6S. The van der Waals surface area contributed by atoms with Crippen LogP contribution in [0.25, 0.3) is 11.3 Å². The SMILES string of the molecule is COc1cccc(N2CC(C(=O)Nc3ccc(-c4cn(CCOCCNC(=O)CCCC[C@@H]5SC[C@@H]6NC(=O)N[C@@H]65)nn4)cc3)CC2=O)c1. The largest absolute Gasteiger partial charge is 0.497 e. The summed E-state index contributed by atoms with van der Waals surface area (Å²) in [6.07, 6.45) is 5.23. The third kappa shape index (κ3) is 8.89. The summed E-state index contributed by atoms with van der Waals surface area (Å²) in [7, 11) is 1.57. The summed E-state index contributed by atoms with van der Waals surface area (Å²) < 4.78 is 12.6. The molecule has 4 atom stereocenters. The minimum absolute atomic E-state index is 0.0209. The lowest BCUT2D eigenvalue weighted by Gasteiger charge is -2.17. The normalized spacial score (nSPS) is 21.3. The molecule has 4 N–H and O–H groups in total. The van der Waals surface area contributed by atoms with Crippen molar-refractivity contribution >= 4 is 46.9 Å². The minimum atomic E-state index is -0.459. The number of fused-ring (bicyclic) bond motifs is 1. The number of benzene rings is 2. The number of carbonyl (C=O) groups excluding carboxylic acids is 4. The van der Waals surface area contributed by atoms with E-state index in [0.29, 0.717) is 67.3 Å². The second-order valence-corrected chi connectivity index (χ2v) is 13.6. The minimum Gasteiger partial charge on any atom is -0.497 e. The van der Waals surface area contributed by atoms with Crippen molar-refractivity contribution < 1.29 is 28.7 Å². The van der Waals surface area contributed by atoms with E-state index in [1.165, 1.54) is 0 Å². The summed E-state index contributed by atoms with van der Waals surface area (Å²) in [4.78, 5) is 50.9. The zero-order chi connectivity index (χ0) is 34.2. The Hall–Kier alpha value is -4.63. The standard InChI is InChI=1S/C34H42N8O6S/c1-47-26-6-4-5-25(18-26)42-19-23(17-31(42)44)33(45)36-24-11-9-22(10-12-24)27-20-41(40-39-27)14-16-48-15-13-35-30(43)8-3-2-7-29-32-28(21-49-29)37-34(46)38-32/h4-6,9-12,18,20,23,28-29,32H,2-3,7-8,13-17,19,21H2,1H3,(H,35,43)(H,36,45)(H2,37,38,46)/t23?,28-,29-,32-/m0/s1. The van der Waals surface area contributed by atoms with Crippen molar-refractivity contribution in [3.8, 4) is 17.0 Å². The third-order valence-corrected chi connectivity index (χ3v) is 10.5. The average Bonchev–Trinajstić information content (AvgIpc) is 3.90. The summed E-state index contributed by atoms with van der Waals surface area (Å²) in [5.74, 6) is 0.859. The van der Waals surface area contributed by atoms with E-state index >= 15 is 0 Å². The van der Waals surface area contributed by atoms with Crippen LogP contribution >= 0.6 is 11.8 Å². The molecule has 1 aromatic heterocycles. The van der Waals surface area contributed by atoms with Gasteiger partial charge in [0.1, 0.15) is 11.4 Å². The van der Waals surface area contributed by atoms with Crippen molar-refractivity contribution in [2.24, 2.45) is 5.92 Å². The van der Waals surface area contributed by atoms with Gasteiger partial charge in [-0.3, -0.25) is 14.4 Å². The lowest BCUT2D eigenvalue weighted by atomic mass is 10.0. The quantitative estimate of drug-likeness (QED) is 0.131. The molecule has 14 nitrogen and oxygen atoms in total. The highest BCUT2D eigenvalue weighted by Crippen LogP contribution is 2.33. The molecule has 260 valence electrons. The number of aromatic nitrogens is 3. The molecule has 3 aliphatic rings. The van der Waals surface area contributed by atoms with Gasteiger partial charge in [0.25, 0.3) is 0 Å². The van der Waals surface area contributed by atoms with E-state index in [4.69, 9.17) is 9.47 Å². The van der Waals surface area contributed by atoms with Gasteiger partial charge in [0.2, 0.25) is 17.7 Å². The molecule has 0 saturated carbocycles. The Morgan fingerprint density at radius 3 is 2.78 bits per heavy atom. The number of unbranched alkanes of at least 4 members (excludes halogenated alkanes) is 1. The number of hydrogen-bond donors (Lipinski definition) is 4. The maximum absolute atomic E-state index is 13.0. The fourth-order valence-corrected chi connectivity index (χ4v) is 7.85. The topological polar surface area (TPSA) is 169 Å². The highest BCUT2D eigenvalue weighted by molar-refractivity contribution is 8.00. The van der Waals surface area contributed by atoms with E-state index in [0.717, 1.165) is 30.6 Å². The van der Waals surface area contributed by atoms with Crippen LogP contribution in [0.2, 0.25) is 0 Å². The van der Waals surface area contributed by atoms with Gasteiger partial charge in [-0.15, -0.1) is 5.10 Å². The number of rotatable bonds is 16. The van der Waals surface area contributed by atoms with Gasteiger partial charge in [-0.1, -0.05) is 29.8 Å². The van der Waals surface area contributed by atoms with Crippen LogP contribution in [0.5, 0.6) is 5.75 Å². The molecule has 2 aromatic carbocycles. The van der Waals surface area contributed by atoms with Crippen LogP contribution in [0.15, 0.2) is 54.7 Å². The summed E-state index contributed by atoms with van der Waals surface area (Å²) in [5, 5.41) is 20.6. The van der Waals surface area contributed by atoms with Gasteiger partial charge in [0, 0.05) is 59.9 Å². The first-order valence-electron chi connectivity index (χ1n) is 16.6. The highest BCUT2D eigenvalue weighted by Gasteiger charge is 2.42. The number of nitrogens with zero attached hydrogens (tertiary/aromatic N) is 4. The van der Waals surface area contributed by atoms with Crippen molar-refractivity contribution in [1.82, 2.24) is 30.9 Å². The summed E-state index contributed by atoms with van der Waals surface area (Å²) in [6, 6.07) is 14.9. The van der Waals surface area contributed by atoms with Gasteiger partial charge >= 0.3 is 6.03 Å². The molecule has 15 heteroatoms. The van der Waals surface area contributed by atoms with Crippen LogP contribution in [0.1, 0.15) is 32.1 Å². The number of thioether (sulfide) groups is 1. The predicted octanol–water partition coefficient (Wildman–Crippen LogP) is 2.80. The Balaban J connectivity index is 0.843. The van der Waals surface area contributed by atoms with Crippen molar-refractivity contribution in [1.29, 1.82) is 0 Å². The first kappa shape index (κ1) is 34.2. The summed E-state index contributed by atoms with van der Waals surface area (Å²) in [5.41, 5.74) is 2.88. The zero-order valence-electron chi connectivity index (χ0n) is 27.4. The zero-order valence-corrected chi connectivity index (χ0v) is 28.2. The second-order valence-electron chi connectivity index (χ2n) is 12.4. The highest BCUT2D eigenvalue weighted by atomic mass is 32.2. The molecular weight excluding hydrogens is 648 g/mol. The van der Waals surface area contributed by atoms with Crippen LogP contribution in [-0.4, -0.2) is 95.2 Å². The van der Waals surface area contributed by atoms with Crippen molar-refractivity contribution in [3.63, 3.8) is 0 Å². The monoisotopic (exact) mass is 690 g/mol. The number of anilines is 2.